The van der Waals surface area contributed by atoms with Crippen LogP contribution in [0.15, 0.2) is 17.8 Å². The van der Waals surface area contributed by atoms with Crippen molar-refractivity contribution in [2.45, 2.75) is 13.3 Å². The number of carboxylic acid groups (broad SMARTS) is 1. The summed E-state index contributed by atoms with van der Waals surface area (Å²) in [5, 5.41) is 8.77. The zero-order valence-corrected chi connectivity index (χ0v) is 10.9. The van der Waals surface area contributed by atoms with Crippen LogP contribution in [0.1, 0.15) is 20.9 Å². The molecule has 0 atom stereocenters. The van der Waals surface area contributed by atoms with Crippen LogP contribution in [0.3, 0.4) is 0 Å². The van der Waals surface area contributed by atoms with Crippen molar-refractivity contribution in [3.8, 4) is 5.88 Å². The van der Waals surface area contributed by atoms with Crippen LogP contribution in [0.25, 0.3) is 0 Å². The van der Waals surface area contributed by atoms with E-state index in [-0.39, 0.29) is 12.5 Å². The van der Waals surface area contributed by atoms with Crippen LogP contribution in [0, 0.1) is 12.7 Å². The van der Waals surface area contributed by atoms with Gasteiger partial charge in [-0.15, -0.1) is 11.3 Å². The van der Waals surface area contributed by atoms with E-state index in [1.165, 1.54) is 17.5 Å². The van der Waals surface area contributed by atoms with Crippen LogP contribution in [-0.4, -0.2) is 27.7 Å². The van der Waals surface area contributed by atoms with Gasteiger partial charge in [-0.3, -0.25) is 0 Å². The summed E-state index contributed by atoms with van der Waals surface area (Å²) in [6, 6.07) is 1.10. The number of pyridine rings is 1. The molecular formula is C12H11FN2O3S. The summed E-state index contributed by atoms with van der Waals surface area (Å²) >= 11 is 1.50. The highest BCUT2D eigenvalue weighted by Gasteiger charge is 2.16. The first-order chi connectivity index (χ1) is 9.09. The molecule has 2 heterocycles. The SMILES string of the molecule is Cc1ncsc1CCOc1nccc(C(=O)O)c1F. The molecule has 0 aliphatic heterocycles. The lowest BCUT2D eigenvalue weighted by molar-refractivity contribution is 0.0690. The highest BCUT2D eigenvalue weighted by atomic mass is 32.1. The maximum atomic E-state index is 13.7. The van der Waals surface area contributed by atoms with Crippen molar-refractivity contribution >= 4 is 17.3 Å². The highest BCUT2D eigenvalue weighted by Crippen LogP contribution is 2.18. The van der Waals surface area contributed by atoms with E-state index in [1.54, 1.807) is 5.51 Å². The van der Waals surface area contributed by atoms with Crippen LogP contribution in [-0.2, 0) is 6.42 Å². The van der Waals surface area contributed by atoms with Gasteiger partial charge in [-0.05, 0) is 13.0 Å². The van der Waals surface area contributed by atoms with Gasteiger partial charge < -0.3 is 9.84 Å². The fourth-order valence-corrected chi connectivity index (χ4v) is 2.26. The fraction of sp³-hybridized carbons (Fsp3) is 0.250. The monoisotopic (exact) mass is 282 g/mol. The summed E-state index contributed by atoms with van der Waals surface area (Å²) in [6.45, 7) is 2.10. The Morgan fingerprint density at radius 3 is 2.95 bits per heavy atom. The predicted molar refractivity (Wildman–Crippen MR) is 67.2 cm³/mol. The molecule has 0 aliphatic rings. The highest BCUT2D eigenvalue weighted by molar-refractivity contribution is 7.09. The molecule has 1 N–H and O–H groups in total. The number of halogens is 1. The number of thiazole rings is 1. The van der Waals surface area contributed by atoms with Crippen molar-refractivity contribution in [3.63, 3.8) is 0 Å². The Balaban J connectivity index is 2.02. The third-order valence-electron chi connectivity index (χ3n) is 2.50. The van der Waals surface area contributed by atoms with Crippen LogP contribution < -0.4 is 4.74 Å². The molecule has 0 saturated carbocycles. The van der Waals surface area contributed by atoms with Gasteiger partial charge in [0.1, 0.15) is 5.56 Å². The first kappa shape index (κ1) is 13.4. The second kappa shape index (κ2) is 5.75. The molecule has 0 spiro atoms. The number of aromatic nitrogens is 2. The summed E-state index contributed by atoms with van der Waals surface area (Å²) < 4.78 is 18.9. The van der Waals surface area contributed by atoms with Crippen molar-refractivity contribution in [3.05, 3.63) is 39.7 Å². The summed E-state index contributed by atoms with van der Waals surface area (Å²) in [5.41, 5.74) is 2.20. The first-order valence-corrected chi connectivity index (χ1v) is 6.37. The summed E-state index contributed by atoms with van der Waals surface area (Å²) in [6.07, 6.45) is 1.79. The number of hydrogen-bond donors (Lipinski definition) is 1. The Morgan fingerprint density at radius 2 is 2.32 bits per heavy atom. The number of carbonyl (C=O) groups is 1. The van der Waals surface area contributed by atoms with Crippen molar-refractivity contribution < 1.29 is 19.0 Å². The second-order valence-corrected chi connectivity index (χ2v) is 4.68. The lowest BCUT2D eigenvalue weighted by atomic mass is 10.2. The lowest BCUT2D eigenvalue weighted by Gasteiger charge is -2.06. The topological polar surface area (TPSA) is 72.3 Å². The maximum Gasteiger partial charge on any atom is 0.338 e. The van der Waals surface area contributed by atoms with Gasteiger partial charge in [0.05, 0.1) is 17.8 Å². The predicted octanol–water partition coefficient (Wildman–Crippen LogP) is 2.31. The van der Waals surface area contributed by atoms with Gasteiger partial charge in [0.25, 0.3) is 5.88 Å². The van der Waals surface area contributed by atoms with Gasteiger partial charge in [0.15, 0.2) is 5.82 Å². The second-order valence-electron chi connectivity index (χ2n) is 3.74. The van der Waals surface area contributed by atoms with Crippen LogP contribution >= 0.6 is 11.3 Å². The molecule has 0 unspecified atom stereocenters. The van der Waals surface area contributed by atoms with Crippen molar-refractivity contribution in [2.75, 3.05) is 6.61 Å². The number of nitrogens with zero attached hydrogens (tertiary/aromatic N) is 2. The lowest BCUT2D eigenvalue weighted by Crippen LogP contribution is -2.08. The molecule has 0 amide bonds. The Morgan fingerprint density at radius 1 is 1.53 bits per heavy atom. The largest absolute Gasteiger partial charge is 0.478 e. The van der Waals surface area contributed by atoms with E-state index in [2.05, 4.69) is 9.97 Å². The third-order valence-corrected chi connectivity index (χ3v) is 3.50. The van der Waals surface area contributed by atoms with E-state index in [4.69, 9.17) is 9.84 Å². The molecule has 0 bridgehead atoms. The van der Waals surface area contributed by atoms with Crippen molar-refractivity contribution in [1.82, 2.24) is 9.97 Å². The molecule has 7 heteroatoms. The minimum atomic E-state index is -1.34. The Bertz CT molecular complexity index is 600. The van der Waals surface area contributed by atoms with Gasteiger partial charge >= 0.3 is 5.97 Å². The Kier molecular flexibility index (Phi) is 4.06. The van der Waals surface area contributed by atoms with Gasteiger partial charge in [0, 0.05) is 17.5 Å². The number of aromatic carboxylic acids is 1. The smallest absolute Gasteiger partial charge is 0.338 e. The number of ether oxygens (including phenoxy) is 1. The molecule has 0 aliphatic carbocycles. The molecule has 5 nitrogen and oxygen atoms in total. The molecule has 2 aromatic heterocycles. The van der Waals surface area contributed by atoms with E-state index in [1.807, 2.05) is 6.92 Å². The average molecular weight is 282 g/mol. The van der Waals surface area contributed by atoms with Crippen molar-refractivity contribution in [2.24, 2.45) is 0 Å². The zero-order valence-electron chi connectivity index (χ0n) is 10.1. The normalized spacial score (nSPS) is 10.4. The maximum absolute atomic E-state index is 13.7. The van der Waals surface area contributed by atoms with Crippen molar-refractivity contribution in [1.29, 1.82) is 0 Å². The fourth-order valence-electron chi connectivity index (χ4n) is 1.50. The van der Waals surface area contributed by atoms with E-state index >= 15 is 0 Å². The molecular weight excluding hydrogens is 271 g/mol. The van der Waals surface area contributed by atoms with E-state index in [0.717, 1.165) is 16.6 Å². The standard InChI is InChI=1S/C12H11FN2O3S/c1-7-9(19-6-15-7)3-5-18-11-10(13)8(12(16)17)2-4-14-11/h2,4,6H,3,5H2,1H3,(H,16,17). The van der Waals surface area contributed by atoms with Crippen LogP contribution in [0.5, 0.6) is 5.88 Å². The van der Waals surface area contributed by atoms with E-state index in [0.29, 0.717) is 6.42 Å². The number of hydrogen-bond acceptors (Lipinski definition) is 5. The summed E-state index contributed by atoms with van der Waals surface area (Å²) in [5.74, 6) is -2.58. The number of aryl methyl sites for hydroxylation is 1. The Hall–Kier alpha value is -2.02. The summed E-state index contributed by atoms with van der Waals surface area (Å²) in [4.78, 5) is 19.6. The summed E-state index contributed by atoms with van der Waals surface area (Å²) in [7, 11) is 0. The average Bonchev–Trinajstić information content (AvgIpc) is 2.77. The quantitative estimate of drug-likeness (QED) is 0.911. The molecule has 2 aromatic rings. The molecule has 0 radical (unpaired) electrons. The number of rotatable bonds is 5. The van der Waals surface area contributed by atoms with Gasteiger partial charge in [-0.2, -0.15) is 0 Å². The minimum Gasteiger partial charge on any atom is -0.478 e. The van der Waals surface area contributed by atoms with E-state index in [9.17, 15) is 9.18 Å². The minimum absolute atomic E-state index is 0.218. The molecule has 100 valence electrons. The van der Waals surface area contributed by atoms with Crippen LogP contribution in [0.4, 0.5) is 4.39 Å². The first-order valence-electron chi connectivity index (χ1n) is 5.49. The molecule has 19 heavy (non-hydrogen) atoms. The zero-order chi connectivity index (χ0) is 13.8. The Labute approximate surface area is 112 Å². The van der Waals surface area contributed by atoms with Gasteiger partial charge in [-0.25, -0.2) is 19.2 Å². The van der Waals surface area contributed by atoms with Crippen LogP contribution in [0.2, 0.25) is 0 Å². The van der Waals surface area contributed by atoms with Gasteiger partial charge in [-0.1, -0.05) is 0 Å². The third kappa shape index (κ3) is 3.05. The molecule has 0 saturated heterocycles. The molecule has 2 rings (SSSR count). The van der Waals surface area contributed by atoms with Gasteiger partial charge in [0.2, 0.25) is 0 Å². The molecule has 0 aromatic carbocycles. The van der Waals surface area contributed by atoms with E-state index < -0.39 is 17.3 Å². The number of carboxylic acids is 1. The molecule has 0 fully saturated rings.